The molecule has 0 radical (unpaired) electrons. The normalized spacial score (nSPS) is 9.90. The smallest absolute Gasteiger partial charge is 0.508 e. The van der Waals surface area contributed by atoms with Crippen LogP contribution in [0.25, 0.3) is 0 Å². The van der Waals surface area contributed by atoms with Crippen molar-refractivity contribution in [1.29, 1.82) is 0 Å². The van der Waals surface area contributed by atoms with Gasteiger partial charge in [-0.25, -0.2) is 0 Å². The Morgan fingerprint density at radius 1 is 1.60 bits per heavy atom. The van der Waals surface area contributed by atoms with Gasteiger partial charge in [-0.15, -0.1) is 0 Å². The molecule has 0 heterocycles. The summed E-state index contributed by atoms with van der Waals surface area (Å²) in [4.78, 5) is 0. The van der Waals surface area contributed by atoms with Gasteiger partial charge in [0.1, 0.15) is 5.60 Å². The summed E-state index contributed by atoms with van der Waals surface area (Å²) >= 11 is 9.21. The molecule has 0 bridgehead atoms. The average Bonchev–Trinajstić information content (AvgIpc) is 1.63. The van der Waals surface area contributed by atoms with Crippen LogP contribution in [0.3, 0.4) is 0 Å². The van der Waals surface area contributed by atoms with E-state index in [1.54, 1.807) is 0 Å². The van der Waals surface area contributed by atoms with Gasteiger partial charge in [-0.05, 0) is 20.3 Å². The zero-order valence-corrected chi connectivity index (χ0v) is 11.7. The maximum Gasteiger partial charge on any atom is 1.00 e. The van der Waals surface area contributed by atoms with E-state index in [0.29, 0.717) is 0 Å². The Labute approximate surface area is 116 Å². The number of hydrogen-bond donors (Lipinski definition) is 0. The zero-order chi connectivity index (χ0) is 7.49. The Hall–Kier alpha value is 1.75. The SMILES string of the molecule is CCC(C)(C)OC(=S)[S-].[K+]. The first-order valence-corrected chi connectivity index (χ1v) is 3.69. The summed E-state index contributed by atoms with van der Waals surface area (Å²) in [5, 5.41) is 0. The molecule has 4 heteroatoms. The van der Waals surface area contributed by atoms with Crippen LogP contribution in [0.15, 0.2) is 0 Å². The van der Waals surface area contributed by atoms with Gasteiger partial charge < -0.3 is 29.6 Å². The van der Waals surface area contributed by atoms with Gasteiger partial charge in [0.05, 0.1) is 0 Å². The fourth-order valence-electron chi connectivity index (χ4n) is 0.298. The predicted molar refractivity (Wildman–Crippen MR) is 45.4 cm³/mol. The molecule has 0 N–H and O–H groups in total. The molecule has 0 aliphatic heterocycles. The van der Waals surface area contributed by atoms with Gasteiger partial charge >= 0.3 is 51.4 Å². The summed E-state index contributed by atoms with van der Waals surface area (Å²) in [6.45, 7) is 5.96. The topological polar surface area (TPSA) is 9.23 Å². The molecular weight excluding hydrogens is 191 g/mol. The van der Waals surface area contributed by atoms with Crippen LogP contribution >= 0.6 is 12.2 Å². The van der Waals surface area contributed by atoms with E-state index in [9.17, 15) is 0 Å². The molecule has 10 heavy (non-hydrogen) atoms. The summed E-state index contributed by atoms with van der Waals surface area (Å²) in [7, 11) is 0. The fraction of sp³-hybridized carbons (Fsp3) is 0.833. The summed E-state index contributed by atoms with van der Waals surface area (Å²) in [6, 6.07) is 0. The van der Waals surface area contributed by atoms with Crippen molar-refractivity contribution < 1.29 is 56.1 Å². The first-order valence-electron chi connectivity index (χ1n) is 2.88. The average molecular weight is 202 g/mol. The molecule has 0 aliphatic rings. The van der Waals surface area contributed by atoms with Crippen molar-refractivity contribution in [2.24, 2.45) is 0 Å². The van der Waals surface area contributed by atoms with Crippen LogP contribution in [0.2, 0.25) is 0 Å². The minimum Gasteiger partial charge on any atom is -0.508 e. The first-order chi connectivity index (χ1) is 3.98. The molecule has 0 aromatic carbocycles. The van der Waals surface area contributed by atoms with Gasteiger partial charge in [-0.2, -0.15) is 0 Å². The number of thiocarbonyl (C=S) groups is 1. The van der Waals surface area contributed by atoms with Crippen LogP contribution < -0.4 is 51.4 Å². The summed E-state index contributed by atoms with van der Waals surface area (Å²) in [5.41, 5.74) is -0.182. The minimum atomic E-state index is -0.182. The second-order valence-electron chi connectivity index (χ2n) is 2.47. The molecule has 0 saturated carbocycles. The van der Waals surface area contributed by atoms with E-state index < -0.39 is 0 Å². The fourth-order valence-corrected chi connectivity index (χ4v) is 0.749. The molecule has 0 amide bonds. The molecule has 0 aromatic heterocycles. The van der Waals surface area contributed by atoms with Crippen molar-refractivity contribution in [1.82, 2.24) is 0 Å². The van der Waals surface area contributed by atoms with Crippen molar-refractivity contribution in [2.75, 3.05) is 0 Å². The molecule has 0 fully saturated rings. The molecule has 0 saturated heterocycles. The molecule has 0 aromatic rings. The molecule has 0 rings (SSSR count). The van der Waals surface area contributed by atoms with Crippen LogP contribution in [-0.4, -0.2) is 9.98 Å². The van der Waals surface area contributed by atoms with E-state index in [0.717, 1.165) is 6.42 Å². The van der Waals surface area contributed by atoms with Gasteiger partial charge in [0.15, 0.2) is 0 Å². The molecule has 0 spiro atoms. The standard InChI is InChI=1S/C6H12OS2.K/c1-4-6(2,3)7-5(8)9;/h4H2,1-3H3,(H,8,9);/q;+1/p-1. The van der Waals surface area contributed by atoms with E-state index in [4.69, 9.17) is 4.74 Å². The third-order valence-corrected chi connectivity index (χ3v) is 1.38. The monoisotopic (exact) mass is 202 g/mol. The number of ether oxygens (including phenoxy) is 1. The first kappa shape index (κ1) is 14.3. The molecule has 54 valence electrons. The summed E-state index contributed by atoms with van der Waals surface area (Å²) in [5.74, 6) is 0. The Morgan fingerprint density at radius 3 is 2.10 bits per heavy atom. The van der Waals surface area contributed by atoms with E-state index in [-0.39, 0.29) is 61.4 Å². The maximum atomic E-state index is 5.13. The number of rotatable bonds is 2. The van der Waals surface area contributed by atoms with Crippen molar-refractivity contribution >= 4 is 29.2 Å². The van der Waals surface area contributed by atoms with E-state index in [1.165, 1.54) is 0 Å². The third kappa shape index (κ3) is 7.85. The van der Waals surface area contributed by atoms with E-state index in [2.05, 4.69) is 24.8 Å². The van der Waals surface area contributed by atoms with Crippen LogP contribution in [0.4, 0.5) is 0 Å². The van der Waals surface area contributed by atoms with Crippen molar-refractivity contribution in [3.63, 3.8) is 0 Å². The van der Waals surface area contributed by atoms with Gasteiger partial charge in [0.25, 0.3) is 0 Å². The molecule has 0 aliphatic carbocycles. The minimum absolute atomic E-state index is 0. The van der Waals surface area contributed by atoms with E-state index in [1.807, 2.05) is 20.8 Å². The van der Waals surface area contributed by atoms with Crippen LogP contribution in [0.1, 0.15) is 27.2 Å². The largest absolute Gasteiger partial charge is 1.00 e. The van der Waals surface area contributed by atoms with Gasteiger partial charge in [0, 0.05) is 4.38 Å². The van der Waals surface area contributed by atoms with Crippen LogP contribution in [0.5, 0.6) is 0 Å². The van der Waals surface area contributed by atoms with Crippen LogP contribution in [0, 0.1) is 0 Å². The quantitative estimate of drug-likeness (QED) is 0.324. The Morgan fingerprint density at radius 2 is 2.00 bits per heavy atom. The second-order valence-corrected chi connectivity index (χ2v) is 3.47. The van der Waals surface area contributed by atoms with Crippen LogP contribution in [-0.2, 0) is 17.4 Å². The molecule has 1 nitrogen and oxygen atoms in total. The number of hydrogen-bond acceptors (Lipinski definition) is 3. The van der Waals surface area contributed by atoms with Gasteiger partial charge in [0.2, 0.25) is 0 Å². The van der Waals surface area contributed by atoms with Crippen molar-refractivity contribution in [3.05, 3.63) is 0 Å². The maximum absolute atomic E-state index is 5.13. The molecular formula is C6H11KOS2. The predicted octanol–water partition coefficient (Wildman–Crippen LogP) is -0.973. The van der Waals surface area contributed by atoms with Crippen molar-refractivity contribution in [3.8, 4) is 0 Å². The van der Waals surface area contributed by atoms with Crippen molar-refractivity contribution in [2.45, 2.75) is 32.8 Å². The summed E-state index contributed by atoms with van der Waals surface area (Å²) in [6.07, 6.45) is 0.920. The zero-order valence-electron chi connectivity index (χ0n) is 6.93. The van der Waals surface area contributed by atoms with E-state index >= 15 is 0 Å². The molecule has 0 atom stereocenters. The second kappa shape index (κ2) is 6.28. The third-order valence-electron chi connectivity index (χ3n) is 1.21. The Kier molecular flexibility index (Phi) is 8.97. The summed E-state index contributed by atoms with van der Waals surface area (Å²) < 4.78 is 5.34. The van der Waals surface area contributed by atoms with Gasteiger partial charge in [-0.1, -0.05) is 6.92 Å². The Bertz CT molecular complexity index is 114. The Balaban J connectivity index is 0. The molecule has 0 unspecified atom stereocenters. The van der Waals surface area contributed by atoms with Gasteiger partial charge in [-0.3, -0.25) is 0 Å².